The standard InChI is InChI=1S/C6H7N3O3S/c7-5-1-4(9-13-5)3-12-8-2-6(10)11/h1-2H,3,7H2,(H,10,11)/b8-2-. The van der Waals surface area contributed by atoms with E-state index >= 15 is 0 Å². The molecule has 0 aliphatic rings. The smallest absolute Gasteiger partial charge is 0.350 e. The van der Waals surface area contributed by atoms with E-state index in [1.807, 2.05) is 0 Å². The molecule has 0 aromatic carbocycles. The maximum Gasteiger partial charge on any atom is 0.350 e. The summed E-state index contributed by atoms with van der Waals surface area (Å²) < 4.78 is 3.90. The van der Waals surface area contributed by atoms with E-state index in [0.717, 1.165) is 11.5 Å². The van der Waals surface area contributed by atoms with Crippen LogP contribution in [0.4, 0.5) is 5.00 Å². The van der Waals surface area contributed by atoms with Gasteiger partial charge in [-0.05, 0) is 17.6 Å². The molecule has 7 heteroatoms. The van der Waals surface area contributed by atoms with Gasteiger partial charge in [-0.3, -0.25) is 0 Å². The second kappa shape index (κ2) is 4.41. The molecule has 70 valence electrons. The lowest BCUT2D eigenvalue weighted by atomic mass is 10.5. The predicted octanol–water partition coefficient (Wildman–Crippen LogP) is 0.312. The number of aliphatic carboxylic acids is 1. The number of nitrogens with two attached hydrogens (primary N) is 1. The summed E-state index contributed by atoms with van der Waals surface area (Å²) >= 11 is 1.15. The van der Waals surface area contributed by atoms with Gasteiger partial charge in [0.2, 0.25) is 0 Å². The zero-order valence-electron chi connectivity index (χ0n) is 6.51. The van der Waals surface area contributed by atoms with Gasteiger partial charge in [0, 0.05) is 0 Å². The second-order valence-electron chi connectivity index (χ2n) is 2.07. The van der Waals surface area contributed by atoms with Crippen LogP contribution in [0.5, 0.6) is 0 Å². The van der Waals surface area contributed by atoms with Crippen molar-refractivity contribution in [3.05, 3.63) is 11.8 Å². The third-order valence-electron chi connectivity index (χ3n) is 1.03. The van der Waals surface area contributed by atoms with Gasteiger partial charge in [0.15, 0.2) is 12.8 Å². The monoisotopic (exact) mass is 201 g/mol. The molecule has 0 bridgehead atoms. The van der Waals surface area contributed by atoms with Crippen molar-refractivity contribution in [2.24, 2.45) is 5.16 Å². The molecule has 13 heavy (non-hydrogen) atoms. The molecule has 0 amide bonds. The number of carbonyl (C=O) groups is 1. The molecule has 0 spiro atoms. The molecule has 1 aromatic rings. The van der Waals surface area contributed by atoms with E-state index in [1.54, 1.807) is 6.07 Å². The topological polar surface area (TPSA) is 97.8 Å². The number of rotatable bonds is 4. The minimum Gasteiger partial charge on any atom is -0.477 e. The molecule has 0 unspecified atom stereocenters. The average molecular weight is 201 g/mol. The average Bonchev–Trinajstić information content (AvgIpc) is 2.45. The van der Waals surface area contributed by atoms with Gasteiger partial charge in [0.05, 0.1) is 5.69 Å². The van der Waals surface area contributed by atoms with Gasteiger partial charge < -0.3 is 15.7 Å². The van der Waals surface area contributed by atoms with E-state index in [9.17, 15) is 4.79 Å². The van der Waals surface area contributed by atoms with Gasteiger partial charge in [-0.2, -0.15) is 4.37 Å². The number of nitrogen functional groups attached to an aromatic ring is 1. The first kappa shape index (κ1) is 9.46. The lowest BCUT2D eigenvalue weighted by Gasteiger charge is -1.91. The zero-order valence-corrected chi connectivity index (χ0v) is 7.32. The van der Waals surface area contributed by atoms with E-state index < -0.39 is 5.97 Å². The fourth-order valence-electron chi connectivity index (χ4n) is 0.582. The van der Waals surface area contributed by atoms with Crippen molar-refractivity contribution in [3.8, 4) is 0 Å². The van der Waals surface area contributed by atoms with Crippen LogP contribution in [0.3, 0.4) is 0 Å². The summed E-state index contributed by atoms with van der Waals surface area (Å²) in [7, 11) is 0. The molecule has 1 rings (SSSR count). The molecule has 0 radical (unpaired) electrons. The van der Waals surface area contributed by atoms with Gasteiger partial charge in [-0.15, -0.1) is 0 Å². The lowest BCUT2D eigenvalue weighted by Crippen LogP contribution is -1.96. The first-order valence-corrected chi connectivity index (χ1v) is 4.05. The Morgan fingerprint density at radius 3 is 3.23 bits per heavy atom. The molecule has 0 saturated carbocycles. The van der Waals surface area contributed by atoms with Crippen LogP contribution < -0.4 is 5.73 Å². The number of carboxylic acid groups (broad SMARTS) is 1. The van der Waals surface area contributed by atoms with Crippen LogP contribution in [0, 0.1) is 0 Å². The molecule has 1 heterocycles. The highest BCUT2D eigenvalue weighted by molar-refractivity contribution is 7.09. The maximum absolute atomic E-state index is 9.95. The van der Waals surface area contributed by atoms with E-state index in [1.165, 1.54) is 0 Å². The van der Waals surface area contributed by atoms with E-state index in [-0.39, 0.29) is 6.61 Å². The van der Waals surface area contributed by atoms with Gasteiger partial charge in [0.1, 0.15) is 5.00 Å². The summed E-state index contributed by atoms with van der Waals surface area (Å²) in [6.07, 6.45) is 0.662. The normalized spacial score (nSPS) is 10.5. The highest BCUT2D eigenvalue weighted by atomic mass is 32.1. The third-order valence-corrected chi connectivity index (χ3v) is 1.68. The Balaban J connectivity index is 2.31. The van der Waals surface area contributed by atoms with Crippen molar-refractivity contribution in [1.29, 1.82) is 0 Å². The zero-order chi connectivity index (χ0) is 9.68. The first-order chi connectivity index (χ1) is 6.18. The quantitative estimate of drug-likeness (QED) is 0.539. The summed E-state index contributed by atoms with van der Waals surface area (Å²) in [5, 5.41) is 11.9. The van der Waals surface area contributed by atoms with Crippen molar-refractivity contribution in [1.82, 2.24) is 4.37 Å². The first-order valence-electron chi connectivity index (χ1n) is 3.28. The van der Waals surface area contributed by atoms with E-state index in [0.29, 0.717) is 16.9 Å². The van der Waals surface area contributed by atoms with Crippen LogP contribution >= 0.6 is 11.5 Å². The molecular weight excluding hydrogens is 194 g/mol. The minimum atomic E-state index is -1.15. The molecule has 0 atom stereocenters. The van der Waals surface area contributed by atoms with E-state index in [4.69, 9.17) is 10.8 Å². The Morgan fingerprint density at radius 1 is 1.92 bits per heavy atom. The molecular formula is C6H7N3O3S. The van der Waals surface area contributed by atoms with Crippen LogP contribution in [0.1, 0.15) is 5.69 Å². The van der Waals surface area contributed by atoms with Crippen LogP contribution in [-0.2, 0) is 16.2 Å². The number of oxime groups is 1. The second-order valence-corrected chi connectivity index (χ2v) is 2.90. The van der Waals surface area contributed by atoms with Gasteiger partial charge >= 0.3 is 5.97 Å². The molecule has 0 aliphatic carbocycles. The van der Waals surface area contributed by atoms with Crippen LogP contribution in [0.25, 0.3) is 0 Å². The number of nitrogens with zero attached hydrogens (tertiary/aromatic N) is 2. The Morgan fingerprint density at radius 2 is 2.69 bits per heavy atom. The van der Waals surface area contributed by atoms with Crippen LogP contribution in [0.15, 0.2) is 11.2 Å². The minimum absolute atomic E-state index is 0.123. The molecule has 0 fully saturated rings. The molecule has 6 nitrogen and oxygen atoms in total. The number of aromatic nitrogens is 1. The molecule has 0 saturated heterocycles. The SMILES string of the molecule is Nc1cc(CO/N=C\C(=O)O)ns1. The predicted molar refractivity (Wildman–Crippen MR) is 47.4 cm³/mol. The van der Waals surface area contributed by atoms with Crippen molar-refractivity contribution in [3.63, 3.8) is 0 Å². The van der Waals surface area contributed by atoms with E-state index in [2.05, 4.69) is 14.4 Å². The summed E-state index contributed by atoms with van der Waals surface area (Å²) in [5.41, 5.74) is 6.03. The number of hydrogen-bond donors (Lipinski definition) is 2. The fourth-order valence-corrected chi connectivity index (χ4v) is 1.10. The third kappa shape index (κ3) is 3.52. The number of anilines is 1. The Labute approximate surface area is 77.8 Å². The summed E-state index contributed by atoms with van der Waals surface area (Å²) in [6.45, 7) is 0.123. The van der Waals surface area contributed by atoms with Gasteiger partial charge in [0.25, 0.3) is 0 Å². The van der Waals surface area contributed by atoms with Crippen molar-refractivity contribution in [2.45, 2.75) is 6.61 Å². The summed E-state index contributed by atoms with van der Waals surface area (Å²) in [4.78, 5) is 14.6. The molecule has 3 N–H and O–H groups in total. The summed E-state index contributed by atoms with van der Waals surface area (Å²) in [6, 6.07) is 1.64. The largest absolute Gasteiger partial charge is 0.477 e. The van der Waals surface area contributed by atoms with Crippen molar-refractivity contribution >= 4 is 28.7 Å². The lowest BCUT2D eigenvalue weighted by molar-refractivity contribution is -0.129. The maximum atomic E-state index is 9.95. The van der Waals surface area contributed by atoms with Crippen molar-refractivity contribution < 1.29 is 14.7 Å². The fraction of sp³-hybridized carbons (Fsp3) is 0.167. The number of hydrogen-bond acceptors (Lipinski definition) is 6. The molecule has 0 aliphatic heterocycles. The Bertz CT molecular complexity index is 323. The highest BCUT2D eigenvalue weighted by Gasteiger charge is 1.98. The number of carboxylic acids is 1. The van der Waals surface area contributed by atoms with Gasteiger partial charge in [-0.25, -0.2) is 4.79 Å². The van der Waals surface area contributed by atoms with Gasteiger partial charge in [-0.1, -0.05) is 5.16 Å². The Hall–Kier alpha value is -1.63. The highest BCUT2D eigenvalue weighted by Crippen LogP contribution is 2.11. The van der Waals surface area contributed by atoms with Crippen LogP contribution in [-0.4, -0.2) is 21.7 Å². The van der Waals surface area contributed by atoms with Crippen LogP contribution in [0.2, 0.25) is 0 Å². The molecule has 1 aromatic heterocycles. The Kier molecular flexibility index (Phi) is 3.21. The summed E-state index contributed by atoms with van der Waals surface area (Å²) in [5.74, 6) is -1.15. The van der Waals surface area contributed by atoms with Crippen molar-refractivity contribution in [2.75, 3.05) is 5.73 Å².